The van der Waals surface area contributed by atoms with Crippen molar-refractivity contribution in [1.29, 1.82) is 0 Å². The average Bonchev–Trinajstić information content (AvgIpc) is 2.98. The topological polar surface area (TPSA) is 52.3 Å². The highest BCUT2D eigenvalue weighted by Gasteiger charge is 2.09. The molecule has 0 unspecified atom stereocenters. The van der Waals surface area contributed by atoms with Crippen LogP contribution in [0.5, 0.6) is 0 Å². The molecular formula is C17H23FN4OS. The first-order valence-corrected chi connectivity index (χ1v) is 8.70. The standard InChI is InChI=1S/C17H23FN4OS/c18-14-1-2-15-13(12-21-16(15)11-14)3-4-19-17(24)20-5-6-22-7-9-23-10-8-22/h1-2,11-12,21H,3-10H2,(H2,19,20,24). The second-order valence-corrected chi connectivity index (χ2v) is 6.30. The number of aromatic amines is 1. The number of H-pyrrole nitrogens is 1. The summed E-state index contributed by atoms with van der Waals surface area (Å²) < 4.78 is 18.5. The zero-order valence-electron chi connectivity index (χ0n) is 13.6. The van der Waals surface area contributed by atoms with Gasteiger partial charge in [0.1, 0.15) is 5.82 Å². The first kappa shape index (κ1) is 17.1. The van der Waals surface area contributed by atoms with Crippen molar-refractivity contribution in [3.05, 3.63) is 35.8 Å². The molecule has 5 nitrogen and oxygen atoms in total. The molecule has 0 aliphatic carbocycles. The number of fused-ring (bicyclic) bond motifs is 1. The quantitative estimate of drug-likeness (QED) is 0.692. The van der Waals surface area contributed by atoms with Gasteiger partial charge in [-0.25, -0.2) is 4.39 Å². The Kier molecular flexibility index (Phi) is 6.01. The fourth-order valence-electron chi connectivity index (χ4n) is 2.89. The largest absolute Gasteiger partial charge is 0.379 e. The third-order valence-corrected chi connectivity index (χ3v) is 4.52. The van der Waals surface area contributed by atoms with Gasteiger partial charge in [0.15, 0.2) is 5.11 Å². The van der Waals surface area contributed by atoms with Gasteiger partial charge in [0.2, 0.25) is 0 Å². The van der Waals surface area contributed by atoms with Gasteiger partial charge < -0.3 is 20.4 Å². The lowest BCUT2D eigenvalue weighted by Gasteiger charge is -2.26. The minimum atomic E-state index is -0.223. The van der Waals surface area contributed by atoms with E-state index in [1.54, 1.807) is 0 Å². The Hall–Kier alpha value is -1.70. The van der Waals surface area contributed by atoms with Crippen molar-refractivity contribution in [3.63, 3.8) is 0 Å². The van der Waals surface area contributed by atoms with E-state index >= 15 is 0 Å². The first-order valence-electron chi connectivity index (χ1n) is 8.30. The molecule has 1 aliphatic rings. The molecule has 1 saturated heterocycles. The van der Waals surface area contributed by atoms with Gasteiger partial charge in [0.05, 0.1) is 13.2 Å². The van der Waals surface area contributed by atoms with E-state index in [9.17, 15) is 4.39 Å². The first-order chi connectivity index (χ1) is 11.7. The molecule has 0 saturated carbocycles. The summed E-state index contributed by atoms with van der Waals surface area (Å²) in [5.74, 6) is -0.223. The third kappa shape index (κ3) is 4.66. The minimum absolute atomic E-state index is 0.223. The van der Waals surface area contributed by atoms with Crippen LogP contribution in [0.3, 0.4) is 0 Å². The summed E-state index contributed by atoms with van der Waals surface area (Å²) in [7, 11) is 0. The van der Waals surface area contributed by atoms with Gasteiger partial charge in [-0.3, -0.25) is 4.90 Å². The Bertz CT molecular complexity index is 684. The normalized spacial score (nSPS) is 15.5. The maximum absolute atomic E-state index is 13.2. The summed E-state index contributed by atoms with van der Waals surface area (Å²) in [4.78, 5) is 5.47. The Morgan fingerprint density at radius 1 is 1.25 bits per heavy atom. The smallest absolute Gasteiger partial charge is 0.166 e. The molecule has 1 aromatic carbocycles. The van der Waals surface area contributed by atoms with Crippen molar-refractivity contribution in [2.75, 3.05) is 45.9 Å². The van der Waals surface area contributed by atoms with E-state index in [4.69, 9.17) is 17.0 Å². The van der Waals surface area contributed by atoms with Crippen LogP contribution in [-0.4, -0.2) is 60.9 Å². The van der Waals surface area contributed by atoms with Crippen molar-refractivity contribution in [2.45, 2.75) is 6.42 Å². The summed E-state index contributed by atoms with van der Waals surface area (Å²) in [5, 5.41) is 8.19. The van der Waals surface area contributed by atoms with Crippen LogP contribution in [-0.2, 0) is 11.2 Å². The van der Waals surface area contributed by atoms with Crippen molar-refractivity contribution in [1.82, 2.24) is 20.5 Å². The molecule has 0 radical (unpaired) electrons. The molecule has 2 heterocycles. The Balaban J connectivity index is 1.36. The van der Waals surface area contributed by atoms with Crippen LogP contribution in [0.1, 0.15) is 5.56 Å². The predicted octanol–water partition coefficient (Wildman–Crippen LogP) is 1.65. The van der Waals surface area contributed by atoms with E-state index in [-0.39, 0.29) is 5.82 Å². The lowest BCUT2D eigenvalue weighted by Crippen LogP contribution is -2.43. The molecule has 3 rings (SSSR count). The Morgan fingerprint density at radius 3 is 2.88 bits per heavy atom. The SMILES string of the molecule is Fc1ccc2c(CCNC(=S)NCCN3CCOCC3)c[nH]c2c1. The fourth-order valence-corrected chi connectivity index (χ4v) is 3.10. The summed E-state index contributed by atoms with van der Waals surface area (Å²) in [6.45, 7) is 6.16. The Labute approximate surface area is 146 Å². The lowest BCUT2D eigenvalue weighted by atomic mass is 10.1. The van der Waals surface area contributed by atoms with Crippen LogP contribution in [0.2, 0.25) is 0 Å². The number of hydrogen-bond acceptors (Lipinski definition) is 3. The van der Waals surface area contributed by atoms with Gasteiger partial charge in [-0.05, 0) is 42.4 Å². The molecule has 0 atom stereocenters. The molecule has 1 aromatic heterocycles. The van der Waals surface area contributed by atoms with E-state index in [2.05, 4.69) is 20.5 Å². The van der Waals surface area contributed by atoms with Gasteiger partial charge in [0.25, 0.3) is 0 Å². The van der Waals surface area contributed by atoms with E-state index < -0.39 is 0 Å². The van der Waals surface area contributed by atoms with E-state index in [1.807, 2.05) is 12.3 Å². The summed E-state index contributed by atoms with van der Waals surface area (Å²) in [6.07, 6.45) is 2.76. The maximum Gasteiger partial charge on any atom is 0.166 e. The molecule has 1 fully saturated rings. The van der Waals surface area contributed by atoms with Crippen molar-refractivity contribution in [3.8, 4) is 0 Å². The van der Waals surface area contributed by atoms with Crippen molar-refractivity contribution in [2.24, 2.45) is 0 Å². The van der Waals surface area contributed by atoms with Gasteiger partial charge in [0, 0.05) is 49.8 Å². The highest BCUT2D eigenvalue weighted by Crippen LogP contribution is 2.19. The number of benzene rings is 1. The molecule has 24 heavy (non-hydrogen) atoms. The maximum atomic E-state index is 13.2. The van der Waals surface area contributed by atoms with Crippen molar-refractivity contribution >= 4 is 28.2 Å². The fraction of sp³-hybridized carbons (Fsp3) is 0.471. The van der Waals surface area contributed by atoms with Crippen LogP contribution in [0, 0.1) is 5.82 Å². The summed E-state index contributed by atoms with van der Waals surface area (Å²) >= 11 is 5.31. The number of halogens is 1. The number of aromatic nitrogens is 1. The Morgan fingerprint density at radius 2 is 2.04 bits per heavy atom. The number of rotatable bonds is 6. The van der Waals surface area contributed by atoms with E-state index in [0.717, 1.165) is 68.8 Å². The summed E-state index contributed by atoms with van der Waals surface area (Å²) in [5.41, 5.74) is 1.99. The highest BCUT2D eigenvalue weighted by molar-refractivity contribution is 7.80. The number of nitrogens with zero attached hydrogens (tertiary/aromatic N) is 1. The van der Waals surface area contributed by atoms with Crippen molar-refractivity contribution < 1.29 is 9.13 Å². The average molecular weight is 350 g/mol. The van der Waals surface area contributed by atoms with Crippen LogP contribution in [0.4, 0.5) is 4.39 Å². The molecule has 2 aromatic rings. The number of nitrogens with one attached hydrogen (secondary N) is 3. The second-order valence-electron chi connectivity index (χ2n) is 5.89. The van der Waals surface area contributed by atoms with E-state index in [0.29, 0.717) is 5.11 Å². The molecule has 0 bridgehead atoms. The number of ether oxygens (including phenoxy) is 1. The highest BCUT2D eigenvalue weighted by atomic mass is 32.1. The zero-order chi connectivity index (χ0) is 16.8. The molecule has 3 N–H and O–H groups in total. The number of thiocarbonyl (C=S) groups is 1. The van der Waals surface area contributed by atoms with Gasteiger partial charge >= 0.3 is 0 Å². The van der Waals surface area contributed by atoms with Crippen LogP contribution < -0.4 is 10.6 Å². The van der Waals surface area contributed by atoms with Crippen LogP contribution in [0.25, 0.3) is 10.9 Å². The zero-order valence-corrected chi connectivity index (χ0v) is 14.4. The molecular weight excluding hydrogens is 327 g/mol. The number of hydrogen-bond donors (Lipinski definition) is 3. The molecule has 130 valence electrons. The van der Waals surface area contributed by atoms with E-state index in [1.165, 1.54) is 12.1 Å². The number of morpholine rings is 1. The van der Waals surface area contributed by atoms with Gasteiger partial charge in [-0.2, -0.15) is 0 Å². The summed E-state index contributed by atoms with van der Waals surface area (Å²) in [6, 6.07) is 4.82. The van der Waals surface area contributed by atoms with Gasteiger partial charge in [-0.1, -0.05) is 0 Å². The lowest BCUT2D eigenvalue weighted by molar-refractivity contribution is 0.0389. The predicted molar refractivity (Wildman–Crippen MR) is 97.8 cm³/mol. The second kappa shape index (κ2) is 8.41. The monoisotopic (exact) mass is 350 g/mol. The van der Waals surface area contributed by atoms with Gasteiger partial charge in [-0.15, -0.1) is 0 Å². The third-order valence-electron chi connectivity index (χ3n) is 4.23. The van der Waals surface area contributed by atoms with Crippen LogP contribution in [0.15, 0.2) is 24.4 Å². The molecule has 0 amide bonds. The molecule has 1 aliphatic heterocycles. The minimum Gasteiger partial charge on any atom is -0.379 e. The molecule has 7 heteroatoms. The van der Waals surface area contributed by atoms with Crippen LogP contribution >= 0.6 is 12.2 Å². The molecule has 0 spiro atoms.